The molecule has 3 aliphatic rings. The second-order valence-electron chi connectivity index (χ2n) is 7.84. The number of piperidine rings is 1. The van der Waals surface area contributed by atoms with Crippen molar-refractivity contribution in [3.63, 3.8) is 0 Å². The molecule has 0 aromatic carbocycles. The van der Waals surface area contributed by atoms with Gasteiger partial charge in [-0.1, -0.05) is 11.6 Å². The molecule has 0 unspecified atom stereocenters. The smallest absolute Gasteiger partial charge is 0.341 e. The molecular weight excluding hydrogens is 368 g/mol. The highest BCUT2D eigenvalue weighted by Gasteiger charge is 2.36. The van der Waals surface area contributed by atoms with Crippen LogP contribution in [0.4, 0.5) is 5.82 Å². The molecular formula is C19H21ClN4O3. The van der Waals surface area contributed by atoms with Gasteiger partial charge in [-0.25, -0.2) is 9.78 Å². The number of carboxylic acids is 1. The molecule has 3 fully saturated rings. The number of hydrogen-bond acceptors (Lipinski definition) is 5. The Morgan fingerprint density at radius 1 is 1.30 bits per heavy atom. The molecule has 2 aliphatic heterocycles. The van der Waals surface area contributed by atoms with Gasteiger partial charge in [-0.05, 0) is 38.1 Å². The maximum atomic E-state index is 12.6. The van der Waals surface area contributed by atoms with Gasteiger partial charge in [-0.15, -0.1) is 0 Å². The highest BCUT2D eigenvalue weighted by Crippen LogP contribution is 2.41. The Morgan fingerprint density at radius 3 is 2.81 bits per heavy atom. The number of hydrogen-bond donors (Lipinski definition) is 2. The minimum Gasteiger partial charge on any atom is -0.477 e. The summed E-state index contributed by atoms with van der Waals surface area (Å²) in [6, 6.07) is 0.647. The first-order valence-electron chi connectivity index (χ1n) is 9.49. The van der Waals surface area contributed by atoms with Gasteiger partial charge in [-0.2, -0.15) is 0 Å². The van der Waals surface area contributed by atoms with Crippen molar-refractivity contribution in [2.45, 2.75) is 37.8 Å². The number of pyridine rings is 2. The molecule has 5 rings (SSSR count). The molecule has 1 aliphatic carbocycles. The van der Waals surface area contributed by atoms with Gasteiger partial charge in [0.25, 0.3) is 0 Å². The van der Waals surface area contributed by atoms with Crippen LogP contribution in [0.3, 0.4) is 0 Å². The molecule has 2 aromatic heterocycles. The Labute approximate surface area is 160 Å². The first-order chi connectivity index (χ1) is 13.0. The van der Waals surface area contributed by atoms with Crippen LogP contribution in [0.25, 0.3) is 10.9 Å². The second-order valence-corrected chi connectivity index (χ2v) is 8.22. The summed E-state index contributed by atoms with van der Waals surface area (Å²) >= 11 is 6.77. The molecule has 2 saturated heterocycles. The third-order valence-corrected chi connectivity index (χ3v) is 6.41. The van der Waals surface area contributed by atoms with Crippen molar-refractivity contribution >= 4 is 34.3 Å². The molecule has 0 amide bonds. The minimum absolute atomic E-state index is 0.196. The average molecular weight is 389 g/mol. The quantitative estimate of drug-likeness (QED) is 0.838. The van der Waals surface area contributed by atoms with Crippen LogP contribution in [-0.2, 0) is 0 Å². The zero-order valence-electron chi connectivity index (χ0n) is 14.8. The van der Waals surface area contributed by atoms with Gasteiger partial charge in [0.15, 0.2) is 0 Å². The fourth-order valence-corrected chi connectivity index (χ4v) is 4.89. The number of aromatic carboxylic acids is 1. The summed E-state index contributed by atoms with van der Waals surface area (Å²) in [4.78, 5) is 30.8. The van der Waals surface area contributed by atoms with E-state index in [0.29, 0.717) is 28.3 Å². The number of anilines is 1. The van der Waals surface area contributed by atoms with Crippen LogP contribution in [0, 0.1) is 5.92 Å². The van der Waals surface area contributed by atoms with Gasteiger partial charge in [0.1, 0.15) is 16.4 Å². The first kappa shape index (κ1) is 17.0. The van der Waals surface area contributed by atoms with E-state index < -0.39 is 11.4 Å². The molecule has 142 valence electrons. The summed E-state index contributed by atoms with van der Waals surface area (Å²) < 4.78 is 1.87. The Morgan fingerprint density at radius 2 is 2.11 bits per heavy atom. The van der Waals surface area contributed by atoms with Crippen molar-refractivity contribution in [1.29, 1.82) is 0 Å². The molecule has 8 heteroatoms. The summed E-state index contributed by atoms with van der Waals surface area (Å²) in [6.07, 6.45) is 7.26. The minimum atomic E-state index is -1.22. The normalized spacial score (nSPS) is 25.0. The number of fused-ring (bicyclic) bond motifs is 2. The third kappa shape index (κ3) is 2.72. The largest absolute Gasteiger partial charge is 0.477 e. The van der Waals surface area contributed by atoms with Crippen molar-refractivity contribution in [3.8, 4) is 0 Å². The number of aromatic nitrogens is 2. The zero-order valence-corrected chi connectivity index (χ0v) is 15.6. The van der Waals surface area contributed by atoms with E-state index in [2.05, 4.69) is 15.2 Å². The van der Waals surface area contributed by atoms with E-state index >= 15 is 0 Å². The zero-order chi connectivity index (χ0) is 18.7. The van der Waals surface area contributed by atoms with Crippen LogP contribution in [0.1, 0.15) is 42.1 Å². The van der Waals surface area contributed by atoms with Crippen LogP contribution >= 0.6 is 11.6 Å². The number of nitrogens with one attached hydrogen (secondary N) is 1. The molecule has 1 saturated carbocycles. The highest BCUT2D eigenvalue weighted by atomic mass is 35.5. The number of halogens is 1. The van der Waals surface area contributed by atoms with Crippen LogP contribution < -0.4 is 15.6 Å². The molecule has 0 radical (unpaired) electrons. The van der Waals surface area contributed by atoms with E-state index in [1.54, 1.807) is 0 Å². The van der Waals surface area contributed by atoms with Crippen LogP contribution in [0.2, 0.25) is 5.02 Å². The Kier molecular flexibility index (Phi) is 3.91. The summed E-state index contributed by atoms with van der Waals surface area (Å²) in [5.74, 6) is 0.0655. The van der Waals surface area contributed by atoms with E-state index in [-0.39, 0.29) is 17.0 Å². The molecule has 7 nitrogen and oxygen atoms in total. The fraction of sp³-hybridized carbons (Fsp3) is 0.526. The number of rotatable bonds is 3. The van der Waals surface area contributed by atoms with E-state index in [0.717, 1.165) is 32.5 Å². The van der Waals surface area contributed by atoms with Crippen molar-refractivity contribution < 1.29 is 9.90 Å². The van der Waals surface area contributed by atoms with Gasteiger partial charge >= 0.3 is 5.97 Å². The molecule has 2 N–H and O–H groups in total. The lowest BCUT2D eigenvalue weighted by molar-refractivity contribution is 0.0695. The Bertz CT molecular complexity index is 987. The SMILES string of the molecule is O=C(O)c1cn(C2CC2)c2c(Cl)c(N3C[C@@H]4CCCN[C@@H]4C3)ncc2c1=O. The number of carboxylic acid groups (broad SMARTS) is 1. The number of carbonyl (C=O) groups is 1. The van der Waals surface area contributed by atoms with Gasteiger partial charge in [0.2, 0.25) is 5.43 Å². The van der Waals surface area contributed by atoms with Gasteiger partial charge < -0.3 is 19.9 Å². The molecule has 0 spiro atoms. The fourth-order valence-electron chi connectivity index (χ4n) is 4.53. The van der Waals surface area contributed by atoms with Crippen molar-refractivity contribution in [1.82, 2.24) is 14.9 Å². The summed E-state index contributed by atoms with van der Waals surface area (Å²) in [6.45, 7) is 2.80. The predicted octanol–water partition coefficient (Wildman–Crippen LogP) is 2.27. The maximum absolute atomic E-state index is 12.6. The average Bonchev–Trinajstić information content (AvgIpc) is 3.40. The van der Waals surface area contributed by atoms with Crippen molar-refractivity contribution in [2.24, 2.45) is 5.92 Å². The van der Waals surface area contributed by atoms with E-state index in [4.69, 9.17) is 11.6 Å². The van der Waals surface area contributed by atoms with Gasteiger partial charge in [0, 0.05) is 37.6 Å². The summed E-state index contributed by atoms with van der Waals surface area (Å²) in [5.41, 5.74) is -0.134. The molecule has 0 bridgehead atoms. The standard InChI is InChI=1S/C19H21ClN4O3/c20-15-16-12(17(25)13(19(26)27)8-24(16)11-3-4-11)6-22-18(15)23-7-10-2-1-5-21-14(10)9-23/h6,8,10-11,14,21H,1-5,7,9H2,(H,26,27)/t10-,14+/m0/s1. The lowest BCUT2D eigenvalue weighted by Gasteiger charge is -2.24. The Balaban J connectivity index is 1.65. The van der Waals surface area contributed by atoms with Crippen LogP contribution in [0.5, 0.6) is 0 Å². The van der Waals surface area contributed by atoms with E-state index in [1.165, 1.54) is 25.2 Å². The lowest BCUT2D eigenvalue weighted by atomic mass is 9.94. The van der Waals surface area contributed by atoms with Crippen molar-refractivity contribution in [3.05, 3.63) is 33.2 Å². The monoisotopic (exact) mass is 388 g/mol. The van der Waals surface area contributed by atoms with Gasteiger partial charge in [-0.3, -0.25) is 4.79 Å². The maximum Gasteiger partial charge on any atom is 0.341 e. The topological polar surface area (TPSA) is 87.5 Å². The first-order valence-corrected chi connectivity index (χ1v) is 9.87. The summed E-state index contributed by atoms with van der Waals surface area (Å²) in [7, 11) is 0. The van der Waals surface area contributed by atoms with Crippen LogP contribution in [-0.4, -0.2) is 46.3 Å². The van der Waals surface area contributed by atoms with E-state index in [9.17, 15) is 14.7 Å². The van der Waals surface area contributed by atoms with E-state index in [1.807, 2.05) is 4.57 Å². The number of nitrogens with zero attached hydrogens (tertiary/aromatic N) is 3. The third-order valence-electron chi connectivity index (χ3n) is 6.06. The molecule has 27 heavy (non-hydrogen) atoms. The lowest BCUT2D eigenvalue weighted by Crippen LogP contribution is -2.40. The highest BCUT2D eigenvalue weighted by molar-refractivity contribution is 6.37. The summed E-state index contributed by atoms with van der Waals surface area (Å²) in [5, 5.41) is 13.7. The Hall–Kier alpha value is -2.12. The van der Waals surface area contributed by atoms with Gasteiger partial charge in [0.05, 0.1) is 10.9 Å². The second kappa shape index (κ2) is 6.21. The van der Waals surface area contributed by atoms with Crippen molar-refractivity contribution in [2.75, 3.05) is 24.5 Å². The van der Waals surface area contributed by atoms with Crippen LogP contribution in [0.15, 0.2) is 17.2 Å². The molecule has 2 atom stereocenters. The molecule has 4 heterocycles. The molecule has 2 aromatic rings. The predicted molar refractivity (Wildman–Crippen MR) is 103 cm³/mol.